The molecule has 0 rings (SSSR count). The van der Waals surface area contributed by atoms with Gasteiger partial charge in [-0.3, -0.25) is 0 Å². The van der Waals surface area contributed by atoms with Crippen molar-refractivity contribution in [1.82, 2.24) is 0 Å². The smallest absolute Gasteiger partial charge is 0.348 e. The molecule has 1 unspecified atom stereocenters. The Hall–Kier alpha value is -0.233. The Morgan fingerprint density at radius 1 is 1.33 bits per heavy atom. The van der Waals surface area contributed by atoms with Gasteiger partial charge in [-0.05, 0) is 6.42 Å². The van der Waals surface area contributed by atoms with Gasteiger partial charge in [-0.15, -0.1) is 33.2 Å². The molecular formula is C7H9Cl3O4Si. The molecule has 0 aromatic heterocycles. The summed E-state index contributed by atoms with van der Waals surface area (Å²) in [7, 11) is 0. The van der Waals surface area contributed by atoms with Gasteiger partial charge in [-0.25, -0.2) is 9.59 Å². The van der Waals surface area contributed by atoms with Gasteiger partial charge >= 0.3 is 17.9 Å². The summed E-state index contributed by atoms with van der Waals surface area (Å²) in [6.07, 6.45) is 0.847. The fraction of sp³-hybridized carbons (Fsp3) is 0.429. The fourth-order valence-corrected chi connectivity index (χ4v) is 4.54. The first kappa shape index (κ1) is 14.8. The van der Waals surface area contributed by atoms with E-state index in [9.17, 15) is 9.59 Å². The second-order valence-corrected chi connectivity index (χ2v) is 11.6. The molecule has 0 saturated heterocycles. The lowest BCUT2D eigenvalue weighted by atomic mass is 10.1. The van der Waals surface area contributed by atoms with Gasteiger partial charge in [-0.2, -0.15) is 0 Å². The topological polar surface area (TPSA) is 74.6 Å². The van der Waals surface area contributed by atoms with Crippen molar-refractivity contribution in [2.45, 2.75) is 18.9 Å². The zero-order chi connectivity index (χ0) is 12.2. The number of hydrogen-bond donors (Lipinski definition) is 2. The van der Waals surface area contributed by atoms with E-state index in [2.05, 4.69) is 0 Å². The maximum atomic E-state index is 10.8. The lowest BCUT2D eigenvalue weighted by Crippen LogP contribution is -2.25. The standard InChI is InChI=1S/C7H9Cl3O4Si/c1-2-5(15(8,9)10)4(7(13)14)3-6(11)12/h3,5H,2H2,1H3,(H,11,12)(H,13,14). The second-order valence-electron chi connectivity index (χ2n) is 2.75. The molecule has 0 fully saturated rings. The van der Waals surface area contributed by atoms with Crippen LogP contribution in [0.4, 0.5) is 0 Å². The minimum atomic E-state index is -3.28. The first-order chi connectivity index (χ1) is 6.70. The Morgan fingerprint density at radius 2 is 1.80 bits per heavy atom. The van der Waals surface area contributed by atoms with Crippen molar-refractivity contribution in [3.63, 3.8) is 0 Å². The molecule has 0 heterocycles. The normalized spacial score (nSPS) is 14.8. The van der Waals surface area contributed by atoms with Gasteiger partial charge in [0.05, 0.1) is 0 Å². The highest BCUT2D eigenvalue weighted by molar-refractivity contribution is 7.65. The van der Waals surface area contributed by atoms with Gasteiger partial charge in [0.2, 0.25) is 0 Å². The zero-order valence-electron chi connectivity index (χ0n) is 7.71. The van der Waals surface area contributed by atoms with Gasteiger partial charge in [0.15, 0.2) is 0 Å². The van der Waals surface area contributed by atoms with Crippen molar-refractivity contribution < 1.29 is 19.8 Å². The van der Waals surface area contributed by atoms with Crippen LogP contribution in [0.15, 0.2) is 11.6 Å². The van der Waals surface area contributed by atoms with E-state index < -0.39 is 23.5 Å². The molecule has 4 nitrogen and oxygen atoms in total. The lowest BCUT2D eigenvalue weighted by molar-refractivity contribution is -0.135. The Morgan fingerprint density at radius 3 is 2.00 bits per heavy atom. The van der Waals surface area contributed by atoms with Crippen molar-refractivity contribution in [3.05, 3.63) is 11.6 Å². The first-order valence-corrected chi connectivity index (χ1v) is 9.06. The van der Waals surface area contributed by atoms with Crippen LogP contribution < -0.4 is 0 Å². The van der Waals surface area contributed by atoms with Crippen LogP contribution in [0.1, 0.15) is 13.3 Å². The van der Waals surface area contributed by atoms with Crippen LogP contribution in [-0.4, -0.2) is 28.2 Å². The van der Waals surface area contributed by atoms with Crippen LogP contribution in [0.3, 0.4) is 0 Å². The number of carboxylic acids is 2. The number of aliphatic carboxylic acids is 2. The van der Waals surface area contributed by atoms with Gasteiger partial charge in [0.1, 0.15) is 0 Å². The highest BCUT2D eigenvalue weighted by Crippen LogP contribution is 2.41. The first-order valence-electron chi connectivity index (χ1n) is 3.94. The number of halogens is 3. The second kappa shape index (κ2) is 5.74. The molecule has 0 aliphatic carbocycles. The summed E-state index contributed by atoms with van der Waals surface area (Å²) in [5.41, 5.74) is -1.19. The summed E-state index contributed by atoms with van der Waals surface area (Å²) in [6.45, 7) is 1.64. The summed E-state index contributed by atoms with van der Waals surface area (Å²) in [5, 5.41) is 17.3. The fourth-order valence-electron chi connectivity index (χ4n) is 1.07. The summed E-state index contributed by atoms with van der Waals surface area (Å²) in [5.74, 6) is -2.74. The Bertz CT molecular complexity index is 297. The average Bonchev–Trinajstić information content (AvgIpc) is 2.00. The Kier molecular flexibility index (Phi) is 5.65. The molecule has 0 spiro atoms. The minimum Gasteiger partial charge on any atom is -0.478 e. The summed E-state index contributed by atoms with van der Waals surface area (Å²) in [6, 6.07) is -3.28. The third-order valence-corrected chi connectivity index (χ3v) is 5.58. The molecule has 0 aliphatic rings. The van der Waals surface area contributed by atoms with Gasteiger partial charge in [0, 0.05) is 17.2 Å². The van der Waals surface area contributed by atoms with Crippen LogP contribution >= 0.6 is 33.2 Å². The van der Waals surface area contributed by atoms with Crippen LogP contribution in [0.25, 0.3) is 0 Å². The predicted molar refractivity (Wildman–Crippen MR) is 60.7 cm³/mol. The van der Waals surface area contributed by atoms with Crippen molar-refractivity contribution in [1.29, 1.82) is 0 Å². The predicted octanol–water partition coefficient (Wildman–Crippen LogP) is 2.52. The van der Waals surface area contributed by atoms with Crippen LogP contribution in [0.5, 0.6) is 0 Å². The molecule has 0 saturated carbocycles. The monoisotopic (exact) mass is 290 g/mol. The number of carbonyl (C=O) groups is 2. The molecular weight excluding hydrogens is 283 g/mol. The molecule has 8 heteroatoms. The maximum Gasteiger partial charge on any atom is 0.348 e. The van der Waals surface area contributed by atoms with Crippen LogP contribution in [0.2, 0.25) is 5.54 Å². The SMILES string of the molecule is CCC(C(=CC(=O)O)C(=O)O)[Si](Cl)(Cl)Cl. The average molecular weight is 292 g/mol. The molecule has 0 amide bonds. The Labute approximate surface area is 102 Å². The van der Waals surface area contributed by atoms with Crippen molar-refractivity contribution in [3.8, 4) is 0 Å². The molecule has 0 aromatic rings. The molecule has 0 aliphatic heterocycles. The largest absolute Gasteiger partial charge is 0.478 e. The van der Waals surface area contributed by atoms with Gasteiger partial charge < -0.3 is 10.2 Å². The van der Waals surface area contributed by atoms with E-state index in [4.69, 9.17) is 43.5 Å². The van der Waals surface area contributed by atoms with Crippen LogP contribution in [-0.2, 0) is 9.59 Å². The Balaban J connectivity index is 5.23. The van der Waals surface area contributed by atoms with Crippen molar-refractivity contribution in [2.24, 2.45) is 0 Å². The molecule has 1 atom stereocenters. The molecule has 0 radical (unpaired) electrons. The van der Waals surface area contributed by atoms with E-state index in [0.29, 0.717) is 6.08 Å². The van der Waals surface area contributed by atoms with E-state index in [1.165, 1.54) is 0 Å². The highest BCUT2D eigenvalue weighted by Gasteiger charge is 2.40. The van der Waals surface area contributed by atoms with Crippen molar-refractivity contribution in [2.75, 3.05) is 0 Å². The molecule has 86 valence electrons. The summed E-state index contributed by atoms with van der Waals surface area (Å²) in [4.78, 5) is 21.2. The molecule has 0 bridgehead atoms. The number of carboxylic acid groups (broad SMARTS) is 2. The third-order valence-electron chi connectivity index (χ3n) is 1.70. The quantitative estimate of drug-likeness (QED) is 0.464. The zero-order valence-corrected chi connectivity index (χ0v) is 11.0. The summed E-state index contributed by atoms with van der Waals surface area (Å²) < 4.78 is 0. The van der Waals surface area contributed by atoms with Crippen LogP contribution in [0, 0.1) is 0 Å². The van der Waals surface area contributed by atoms with E-state index in [0.717, 1.165) is 0 Å². The third kappa shape index (κ3) is 4.88. The van der Waals surface area contributed by atoms with Crippen molar-refractivity contribution >= 4 is 51.2 Å². The van der Waals surface area contributed by atoms with E-state index in [1.54, 1.807) is 6.92 Å². The number of rotatable bonds is 5. The lowest BCUT2D eigenvalue weighted by Gasteiger charge is -2.20. The molecule has 0 aromatic carbocycles. The van der Waals surface area contributed by atoms with Gasteiger partial charge in [0.25, 0.3) is 0 Å². The van der Waals surface area contributed by atoms with E-state index in [-0.39, 0.29) is 12.0 Å². The van der Waals surface area contributed by atoms with E-state index >= 15 is 0 Å². The molecule has 15 heavy (non-hydrogen) atoms. The van der Waals surface area contributed by atoms with Gasteiger partial charge in [-0.1, -0.05) is 6.92 Å². The van der Waals surface area contributed by atoms with E-state index in [1.807, 2.05) is 0 Å². The minimum absolute atomic E-state index is 0.272. The molecule has 2 N–H and O–H groups in total. The maximum absolute atomic E-state index is 10.8. The highest BCUT2D eigenvalue weighted by atomic mass is 35.8. The summed E-state index contributed by atoms with van der Waals surface area (Å²) >= 11 is 17.1. The number of hydrogen-bond acceptors (Lipinski definition) is 2.